The van der Waals surface area contributed by atoms with Crippen LogP contribution < -0.4 is 15.5 Å². The van der Waals surface area contributed by atoms with E-state index >= 15 is 0 Å². The minimum atomic E-state index is -0.927. The molecule has 16 nitrogen and oxygen atoms in total. The zero-order chi connectivity index (χ0) is 36.9. The zero-order valence-corrected chi connectivity index (χ0v) is 29.0. The van der Waals surface area contributed by atoms with Crippen LogP contribution in [-0.2, 0) is 53.0 Å². The molecule has 2 aromatic carbocycles. The molecule has 51 heavy (non-hydrogen) atoms. The lowest BCUT2D eigenvalue weighted by Gasteiger charge is -2.34. The van der Waals surface area contributed by atoms with Crippen LogP contribution in [-0.4, -0.2) is 94.8 Å². The lowest BCUT2D eigenvalue weighted by atomic mass is 9.94. The van der Waals surface area contributed by atoms with Crippen molar-refractivity contribution in [3.8, 4) is 0 Å². The Morgan fingerprint density at radius 3 is 1.67 bits per heavy atom. The highest BCUT2D eigenvalue weighted by molar-refractivity contribution is 6.02. The minimum absolute atomic E-state index is 0.0243. The number of fused-ring (bicyclic) bond motifs is 2. The molecule has 0 bridgehead atoms. The molecule has 4 aliphatic rings. The smallest absolute Gasteiger partial charge is 0.432 e. The maximum Gasteiger partial charge on any atom is 0.432 e. The lowest BCUT2D eigenvalue weighted by Crippen LogP contribution is -2.48. The number of hydroxylamine groups is 4. The third-order valence-electron chi connectivity index (χ3n) is 8.60. The van der Waals surface area contributed by atoms with Gasteiger partial charge in [0, 0.05) is 51.4 Å². The Hall–Kier alpha value is -5.51. The summed E-state index contributed by atoms with van der Waals surface area (Å²) in [6.45, 7) is 6.62. The molecule has 2 atom stereocenters. The highest BCUT2D eigenvalue weighted by Crippen LogP contribution is 2.33. The van der Waals surface area contributed by atoms with Crippen molar-refractivity contribution in [2.75, 3.05) is 25.0 Å². The van der Waals surface area contributed by atoms with Gasteiger partial charge in [0.15, 0.2) is 0 Å². The highest BCUT2D eigenvalue weighted by atomic mass is 16.7. The molecule has 272 valence electrons. The first-order valence-electron chi connectivity index (χ1n) is 16.7. The number of carbonyl (C=O) groups is 7. The van der Waals surface area contributed by atoms with E-state index in [-0.39, 0.29) is 44.3 Å². The summed E-state index contributed by atoms with van der Waals surface area (Å²) in [7, 11) is 2.00. The normalized spacial score (nSPS) is 20.0. The predicted molar refractivity (Wildman–Crippen MR) is 179 cm³/mol. The molecule has 7 amide bonds. The van der Waals surface area contributed by atoms with Crippen LogP contribution in [0.1, 0.15) is 63.1 Å². The molecule has 4 aliphatic heterocycles. The number of ether oxygens (including phenoxy) is 1. The Morgan fingerprint density at radius 1 is 0.686 bits per heavy atom. The third-order valence-corrected chi connectivity index (χ3v) is 8.60. The predicted octanol–water partition coefficient (Wildman–Crippen LogP) is 2.98. The molecule has 2 saturated heterocycles. The van der Waals surface area contributed by atoms with Crippen LogP contribution in [0.15, 0.2) is 48.5 Å². The molecule has 0 aliphatic carbocycles. The van der Waals surface area contributed by atoms with Gasteiger partial charge in [-0.15, -0.1) is 10.1 Å². The number of likely N-dealkylation sites (N-methyl/N-ethyl adjacent to an activating group) is 1. The monoisotopic (exact) mass is 706 g/mol. The summed E-state index contributed by atoms with van der Waals surface area (Å²) < 4.78 is 5.50. The van der Waals surface area contributed by atoms with Crippen molar-refractivity contribution in [2.24, 2.45) is 0 Å². The quantitative estimate of drug-likeness (QED) is 0.421. The first-order chi connectivity index (χ1) is 24.2. The molecule has 16 heteroatoms. The zero-order valence-electron chi connectivity index (χ0n) is 29.0. The molecule has 2 unspecified atom stereocenters. The van der Waals surface area contributed by atoms with Gasteiger partial charge in [0.2, 0.25) is 0 Å². The van der Waals surface area contributed by atoms with Crippen molar-refractivity contribution in [3.63, 3.8) is 0 Å². The van der Waals surface area contributed by atoms with E-state index < -0.39 is 47.5 Å². The van der Waals surface area contributed by atoms with Gasteiger partial charge in [0.25, 0.3) is 23.6 Å². The van der Waals surface area contributed by atoms with Gasteiger partial charge in [0.1, 0.15) is 5.60 Å². The van der Waals surface area contributed by atoms with E-state index in [0.29, 0.717) is 23.1 Å². The van der Waals surface area contributed by atoms with Gasteiger partial charge in [-0.2, -0.15) is 0 Å². The number of nitrogens with zero attached hydrogens (tertiary/aromatic N) is 4. The van der Waals surface area contributed by atoms with Crippen molar-refractivity contribution >= 4 is 47.6 Å². The van der Waals surface area contributed by atoms with Gasteiger partial charge in [-0.05, 0) is 63.4 Å². The van der Waals surface area contributed by atoms with Crippen LogP contribution >= 0.6 is 0 Å². The molecular weight excluding hydrogens is 664 g/mol. The Morgan fingerprint density at radius 2 is 1.14 bits per heavy atom. The molecule has 2 fully saturated rings. The average Bonchev–Trinajstić information content (AvgIpc) is 3.72. The van der Waals surface area contributed by atoms with Crippen molar-refractivity contribution in [2.45, 2.75) is 83.5 Å². The van der Waals surface area contributed by atoms with E-state index in [9.17, 15) is 33.6 Å². The average molecular weight is 707 g/mol. The number of para-hydroxylation sites is 1. The second-order valence-corrected chi connectivity index (χ2v) is 13.6. The van der Waals surface area contributed by atoms with Gasteiger partial charge in [0.05, 0.1) is 11.7 Å². The molecular formula is C35H42N6O10. The molecule has 2 N–H and O–H groups in total. The second kappa shape index (κ2) is 15.6. The van der Waals surface area contributed by atoms with Gasteiger partial charge in [-0.1, -0.05) is 42.5 Å². The van der Waals surface area contributed by atoms with Crippen LogP contribution in [0, 0.1) is 0 Å². The number of nitrogens with one attached hydrogen (secondary N) is 2. The van der Waals surface area contributed by atoms with E-state index in [0.717, 1.165) is 24.2 Å². The number of benzene rings is 2. The molecule has 0 aromatic heterocycles. The fourth-order valence-corrected chi connectivity index (χ4v) is 6.08. The molecule has 4 heterocycles. The van der Waals surface area contributed by atoms with Crippen molar-refractivity contribution in [1.82, 2.24) is 25.7 Å². The van der Waals surface area contributed by atoms with Gasteiger partial charge >= 0.3 is 18.3 Å². The van der Waals surface area contributed by atoms with Crippen LogP contribution in [0.5, 0.6) is 0 Å². The van der Waals surface area contributed by atoms with Crippen LogP contribution in [0.3, 0.4) is 0 Å². The molecule has 6 rings (SSSR count). The topological polar surface area (TPSA) is 184 Å². The van der Waals surface area contributed by atoms with Crippen LogP contribution in [0.2, 0.25) is 0 Å². The van der Waals surface area contributed by atoms with E-state index in [2.05, 4.69) is 27.7 Å². The summed E-state index contributed by atoms with van der Waals surface area (Å²) in [6, 6.07) is 15.4. The standard InChI is InChI=1S/C19H23N3O6.C16H19N3O4/c1-19(2,3)27-18(26)21-13(10-12-6-4-5-7-14(12)21)11-20-17(25)28-22-15(23)8-9-16(22)24;1-18-10-12-5-3-2-4-11(12)8-13(18)9-17-16(22)23-19-14(20)6-7-15(19)21/h4-7,13H,8-11H2,1-3H3,(H,20,25);2-5,13H,6-10H2,1H3,(H,17,22). The van der Waals surface area contributed by atoms with Crippen LogP contribution in [0.4, 0.5) is 20.1 Å². The van der Waals surface area contributed by atoms with E-state index in [1.165, 1.54) is 16.0 Å². The number of rotatable bonds is 6. The first-order valence-corrected chi connectivity index (χ1v) is 16.7. The van der Waals surface area contributed by atoms with Crippen molar-refractivity contribution in [1.29, 1.82) is 0 Å². The van der Waals surface area contributed by atoms with E-state index in [1.54, 1.807) is 20.8 Å². The van der Waals surface area contributed by atoms with Gasteiger partial charge < -0.3 is 25.0 Å². The van der Waals surface area contributed by atoms with Crippen LogP contribution in [0.25, 0.3) is 0 Å². The number of hydrogen-bond acceptors (Lipinski definition) is 11. The Kier molecular flexibility index (Phi) is 11.2. The Labute approximate surface area is 294 Å². The first kappa shape index (κ1) is 36.8. The van der Waals surface area contributed by atoms with Gasteiger partial charge in [-0.3, -0.25) is 29.0 Å². The minimum Gasteiger partial charge on any atom is -0.443 e. The van der Waals surface area contributed by atoms with Crippen molar-refractivity contribution < 1.29 is 48.0 Å². The fourth-order valence-electron chi connectivity index (χ4n) is 6.08. The number of amides is 7. The summed E-state index contributed by atoms with van der Waals surface area (Å²) in [5.41, 5.74) is 3.58. The van der Waals surface area contributed by atoms with E-state index in [4.69, 9.17) is 14.4 Å². The number of anilines is 1. The highest BCUT2D eigenvalue weighted by Gasteiger charge is 2.38. The Balaban J connectivity index is 0.000000201. The largest absolute Gasteiger partial charge is 0.443 e. The Bertz CT molecular complexity index is 1680. The molecule has 0 saturated carbocycles. The third kappa shape index (κ3) is 9.19. The summed E-state index contributed by atoms with van der Waals surface area (Å²) >= 11 is 0. The number of carbonyl (C=O) groups excluding carboxylic acids is 7. The maximum absolute atomic E-state index is 12.7. The summed E-state index contributed by atoms with van der Waals surface area (Å²) in [5.74, 6) is -2.06. The van der Waals surface area contributed by atoms with Crippen molar-refractivity contribution in [3.05, 3.63) is 65.2 Å². The summed E-state index contributed by atoms with van der Waals surface area (Å²) in [5, 5.41) is 6.18. The maximum atomic E-state index is 12.7. The SMILES string of the molecule is CC(C)(C)OC(=O)N1c2ccccc2CC1CNC(=O)ON1C(=O)CCC1=O.CN1Cc2ccccc2CC1CNC(=O)ON1C(=O)CCC1=O. The summed E-state index contributed by atoms with van der Waals surface area (Å²) in [6.07, 6.45) is -0.631. The molecule has 2 aromatic rings. The number of hydrogen-bond donors (Lipinski definition) is 2. The second-order valence-electron chi connectivity index (χ2n) is 13.6. The lowest BCUT2D eigenvalue weighted by molar-refractivity contribution is -0.172. The fraction of sp³-hybridized carbons (Fsp3) is 0.457. The van der Waals surface area contributed by atoms with Gasteiger partial charge in [-0.25, -0.2) is 14.4 Å². The molecule has 0 spiro atoms. The molecule has 0 radical (unpaired) electrons. The number of imide groups is 2. The summed E-state index contributed by atoms with van der Waals surface area (Å²) in [4.78, 5) is 95.7. The van der Waals surface area contributed by atoms with E-state index in [1.807, 2.05) is 43.4 Å².